The molecule has 0 aliphatic rings. The minimum atomic E-state index is -0.509. The summed E-state index contributed by atoms with van der Waals surface area (Å²) in [6.45, 7) is 6.57. The molecule has 0 radical (unpaired) electrons. The maximum absolute atomic E-state index is 12.2. The van der Waals surface area contributed by atoms with Crippen molar-refractivity contribution in [3.05, 3.63) is 65.7 Å². The molecule has 3 heteroatoms. The van der Waals surface area contributed by atoms with Crippen molar-refractivity contribution in [2.45, 2.75) is 39.2 Å². The lowest BCUT2D eigenvalue weighted by molar-refractivity contribution is -0.127. The summed E-state index contributed by atoms with van der Waals surface area (Å²) in [5.74, 6) is 0.975. The third kappa shape index (κ3) is 4.85. The highest BCUT2D eigenvalue weighted by molar-refractivity contribution is 5.80. The molecule has 3 nitrogen and oxygen atoms in total. The van der Waals surface area contributed by atoms with Gasteiger partial charge in [0.1, 0.15) is 5.75 Å². The fraction of sp³-hybridized carbons (Fsp3) is 0.350. The van der Waals surface area contributed by atoms with Crippen molar-refractivity contribution >= 4 is 5.91 Å². The van der Waals surface area contributed by atoms with Gasteiger partial charge in [-0.2, -0.15) is 0 Å². The van der Waals surface area contributed by atoms with E-state index < -0.39 is 6.10 Å². The van der Waals surface area contributed by atoms with Gasteiger partial charge in [0.25, 0.3) is 5.91 Å². The second kappa shape index (κ2) is 8.37. The zero-order valence-electron chi connectivity index (χ0n) is 14.1. The molecule has 2 rings (SSSR count). The molecule has 0 aliphatic carbocycles. The van der Waals surface area contributed by atoms with Gasteiger partial charge in [0.2, 0.25) is 0 Å². The number of hydrogen-bond acceptors (Lipinski definition) is 2. The van der Waals surface area contributed by atoms with Crippen molar-refractivity contribution in [3.8, 4) is 5.75 Å². The van der Waals surface area contributed by atoms with Crippen LogP contribution in [0.4, 0.5) is 0 Å². The second-order valence-electron chi connectivity index (χ2n) is 5.78. The monoisotopic (exact) mass is 311 g/mol. The van der Waals surface area contributed by atoms with E-state index in [0.717, 1.165) is 17.7 Å². The lowest BCUT2D eigenvalue weighted by Gasteiger charge is -2.18. The van der Waals surface area contributed by atoms with Crippen molar-refractivity contribution in [3.63, 3.8) is 0 Å². The molecule has 2 aromatic carbocycles. The number of para-hydroxylation sites is 1. The standard InChI is InChI=1S/C20H25NO2/c1-4-17-10-8-9-13-19(17)23-16(3)20(22)21-14-15(2)18-11-6-5-7-12-18/h5-13,15-16H,4,14H2,1-3H3,(H,21,22)/t15-,16+/m0/s1. The van der Waals surface area contributed by atoms with E-state index in [0.29, 0.717) is 6.54 Å². The number of amides is 1. The van der Waals surface area contributed by atoms with Gasteiger partial charge in [0.05, 0.1) is 0 Å². The van der Waals surface area contributed by atoms with Crippen LogP contribution in [0.1, 0.15) is 37.8 Å². The number of nitrogens with one attached hydrogen (secondary N) is 1. The number of aryl methyl sites for hydroxylation is 1. The van der Waals surface area contributed by atoms with E-state index in [2.05, 4.69) is 31.3 Å². The van der Waals surface area contributed by atoms with Crippen molar-refractivity contribution in [2.75, 3.05) is 6.54 Å². The van der Waals surface area contributed by atoms with Crippen LogP contribution in [0.2, 0.25) is 0 Å². The summed E-state index contributed by atoms with van der Waals surface area (Å²) < 4.78 is 5.82. The lowest BCUT2D eigenvalue weighted by atomic mass is 10.0. The Hall–Kier alpha value is -2.29. The SMILES string of the molecule is CCc1ccccc1O[C@H](C)C(=O)NC[C@H](C)c1ccccc1. The lowest BCUT2D eigenvalue weighted by Crippen LogP contribution is -2.38. The van der Waals surface area contributed by atoms with Gasteiger partial charge in [-0.25, -0.2) is 0 Å². The molecule has 0 spiro atoms. The van der Waals surface area contributed by atoms with Crippen molar-refractivity contribution in [1.29, 1.82) is 0 Å². The van der Waals surface area contributed by atoms with Gasteiger partial charge in [0, 0.05) is 6.54 Å². The van der Waals surface area contributed by atoms with Crippen LogP contribution in [-0.4, -0.2) is 18.6 Å². The summed E-state index contributed by atoms with van der Waals surface area (Å²) in [6.07, 6.45) is 0.376. The van der Waals surface area contributed by atoms with Crippen LogP contribution in [0.3, 0.4) is 0 Å². The van der Waals surface area contributed by atoms with Crippen molar-refractivity contribution < 1.29 is 9.53 Å². The topological polar surface area (TPSA) is 38.3 Å². The molecule has 0 heterocycles. The Kier molecular flexibility index (Phi) is 6.21. The molecule has 122 valence electrons. The van der Waals surface area contributed by atoms with Gasteiger partial charge in [-0.05, 0) is 36.5 Å². The molecule has 0 saturated heterocycles. The molecule has 1 amide bonds. The number of benzene rings is 2. The van der Waals surface area contributed by atoms with Crippen molar-refractivity contribution in [1.82, 2.24) is 5.32 Å². The molecule has 0 fully saturated rings. The molecule has 1 N–H and O–H groups in total. The van der Waals surface area contributed by atoms with Gasteiger partial charge in [-0.15, -0.1) is 0 Å². The highest BCUT2D eigenvalue weighted by atomic mass is 16.5. The van der Waals surface area contributed by atoms with Crippen LogP contribution in [0.25, 0.3) is 0 Å². The predicted molar refractivity (Wildman–Crippen MR) is 93.8 cm³/mol. The maximum atomic E-state index is 12.2. The fourth-order valence-corrected chi connectivity index (χ4v) is 2.45. The number of carbonyl (C=O) groups is 1. The maximum Gasteiger partial charge on any atom is 0.260 e. The van der Waals surface area contributed by atoms with Crippen LogP contribution in [-0.2, 0) is 11.2 Å². The Bertz CT molecular complexity index is 625. The third-order valence-corrected chi connectivity index (χ3v) is 3.98. The number of ether oxygens (including phenoxy) is 1. The summed E-state index contributed by atoms with van der Waals surface area (Å²) in [7, 11) is 0. The second-order valence-corrected chi connectivity index (χ2v) is 5.78. The Morgan fingerprint density at radius 1 is 1.04 bits per heavy atom. The Morgan fingerprint density at radius 3 is 2.39 bits per heavy atom. The highest BCUT2D eigenvalue weighted by Gasteiger charge is 2.16. The highest BCUT2D eigenvalue weighted by Crippen LogP contribution is 2.20. The molecular formula is C20H25NO2. The average Bonchev–Trinajstić information content (AvgIpc) is 2.60. The molecular weight excluding hydrogens is 286 g/mol. The molecule has 0 aromatic heterocycles. The van der Waals surface area contributed by atoms with Crippen LogP contribution in [0.15, 0.2) is 54.6 Å². The summed E-state index contributed by atoms with van der Waals surface area (Å²) in [6, 6.07) is 18.0. The largest absolute Gasteiger partial charge is 0.481 e. The molecule has 2 atom stereocenters. The van der Waals surface area contributed by atoms with E-state index in [-0.39, 0.29) is 11.8 Å². The smallest absolute Gasteiger partial charge is 0.260 e. The average molecular weight is 311 g/mol. The fourth-order valence-electron chi connectivity index (χ4n) is 2.45. The van der Waals surface area contributed by atoms with E-state index in [1.807, 2.05) is 42.5 Å². The van der Waals surface area contributed by atoms with Gasteiger partial charge in [-0.1, -0.05) is 62.4 Å². The van der Waals surface area contributed by atoms with E-state index in [9.17, 15) is 4.79 Å². The molecule has 23 heavy (non-hydrogen) atoms. The summed E-state index contributed by atoms with van der Waals surface area (Å²) in [5, 5.41) is 2.97. The van der Waals surface area contributed by atoms with E-state index in [1.165, 1.54) is 5.56 Å². The number of carbonyl (C=O) groups excluding carboxylic acids is 1. The van der Waals surface area contributed by atoms with E-state index in [4.69, 9.17) is 4.74 Å². The van der Waals surface area contributed by atoms with Gasteiger partial charge in [0.15, 0.2) is 6.10 Å². The Labute approximate surface area is 138 Å². The normalized spacial score (nSPS) is 13.2. The molecule has 0 saturated carbocycles. The summed E-state index contributed by atoms with van der Waals surface area (Å²) in [4.78, 5) is 12.2. The first-order valence-electron chi connectivity index (χ1n) is 8.19. The molecule has 0 unspecified atom stereocenters. The van der Waals surface area contributed by atoms with Crippen molar-refractivity contribution in [2.24, 2.45) is 0 Å². The van der Waals surface area contributed by atoms with E-state index >= 15 is 0 Å². The van der Waals surface area contributed by atoms with Gasteiger partial charge >= 0.3 is 0 Å². The molecule has 2 aromatic rings. The Morgan fingerprint density at radius 2 is 1.70 bits per heavy atom. The minimum Gasteiger partial charge on any atom is -0.481 e. The summed E-state index contributed by atoms with van der Waals surface area (Å²) >= 11 is 0. The first-order chi connectivity index (χ1) is 11.1. The molecule has 0 bridgehead atoms. The number of hydrogen-bond donors (Lipinski definition) is 1. The summed E-state index contributed by atoms with van der Waals surface area (Å²) in [5.41, 5.74) is 2.34. The number of rotatable bonds is 7. The zero-order chi connectivity index (χ0) is 16.7. The van der Waals surface area contributed by atoms with Gasteiger partial charge in [-0.3, -0.25) is 4.79 Å². The molecule has 0 aliphatic heterocycles. The minimum absolute atomic E-state index is 0.0845. The van der Waals surface area contributed by atoms with Crippen LogP contribution >= 0.6 is 0 Å². The zero-order valence-corrected chi connectivity index (χ0v) is 14.1. The Balaban J connectivity index is 1.88. The van der Waals surface area contributed by atoms with E-state index in [1.54, 1.807) is 6.92 Å². The van der Waals surface area contributed by atoms with Gasteiger partial charge < -0.3 is 10.1 Å². The first kappa shape index (κ1) is 17.1. The van der Waals surface area contributed by atoms with Crippen LogP contribution < -0.4 is 10.1 Å². The van der Waals surface area contributed by atoms with Crippen LogP contribution in [0, 0.1) is 0 Å². The third-order valence-electron chi connectivity index (χ3n) is 3.98. The quantitative estimate of drug-likeness (QED) is 0.841. The predicted octanol–water partition coefficient (Wildman–Crippen LogP) is 3.94. The van der Waals surface area contributed by atoms with Crippen LogP contribution in [0.5, 0.6) is 5.75 Å². The first-order valence-corrected chi connectivity index (χ1v) is 8.19.